The molecule has 2 nitrogen and oxygen atoms in total. The fourth-order valence-electron chi connectivity index (χ4n) is 0.641. The maximum absolute atomic E-state index is 2.22. The summed E-state index contributed by atoms with van der Waals surface area (Å²) in [4.78, 5) is 2.22. The minimum atomic E-state index is 0. The second-order valence-electron chi connectivity index (χ2n) is 2.19. The Morgan fingerprint density at radius 3 is 1.89 bits per heavy atom. The molecule has 0 aromatic rings. The summed E-state index contributed by atoms with van der Waals surface area (Å²) in [5.74, 6) is 0. The lowest BCUT2D eigenvalue weighted by molar-refractivity contribution is 0.327. The highest BCUT2D eigenvalue weighted by molar-refractivity contribution is 5.85. The average molecular weight is 151 g/mol. The van der Waals surface area contributed by atoms with Crippen LogP contribution >= 0.6 is 12.4 Å². The first-order valence-electron chi connectivity index (χ1n) is 2.64. The normalized spacial score (nSPS) is 21.9. The van der Waals surface area contributed by atoms with Crippen LogP contribution in [0.15, 0.2) is 12.2 Å². The molecule has 9 heavy (non-hydrogen) atoms. The summed E-state index contributed by atoms with van der Waals surface area (Å²) in [5.41, 5.74) is 0. The van der Waals surface area contributed by atoms with Gasteiger partial charge in [-0.2, -0.15) is 0 Å². The highest BCUT2D eigenvalue weighted by Crippen LogP contribution is 2.11. The third kappa shape index (κ3) is 2.84. The van der Waals surface area contributed by atoms with Gasteiger partial charge in [-0.15, -0.1) is 12.4 Å². The van der Waals surface area contributed by atoms with Gasteiger partial charge in [0, 0.05) is 6.04 Å². The first kappa shape index (κ1) is 11.7. The van der Waals surface area contributed by atoms with E-state index in [1.54, 1.807) is 0 Å². The Hall–Kier alpha value is -0.0500. The van der Waals surface area contributed by atoms with E-state index in [0.29, 0.717) is 0 Å². The van der Waals surface area contributed by atoms with Crippen molar-refractivity contribution in [1.29, 1.82) is 0 Å². The number of likely N-dealkylation sites (N-methyl/N-ethyl adjacent to an activating group) is 1. The van der Waals surface area contributed by atoms with Crippen molar-refractivity contribution in [2.45, 2.75) is 12.5 Å². The number of hydrogen-bond donors (Lipinski definition) is 1. The molecule has 56 valence electrons. The second-order valence-corrected chi connectivity index (χ2v) is 2.19. The molecule has 1 aliphatic carbocycles. The quantitative estimate of drug-likeness (QED) is 0.575. The molecule has 0 saturated heterocycles. The van der Waals surface area contributed by atoms with E-state index < -0.39 is 0 Å². The SMILES string of the molecule is CN(C)C1C=CC1.Cl.N. The lowest BCUT2D eigenvalue weighted by Crippen LogP contribution is -2.29. The lowest BCUT2D eigenvalue weighted by atomic mass is 10.0. The van der Waals surface area contributed by atoms with Crippen LogP contribution in [0.5, 0.6) is 0 Å². The average Bonchev–Trinajstić information content (AvgIpc) is 1.23. The minimum Gasteiger partial charge on any atom is -0.344 e. The van der Waals surface area contributed by atoms with Crippen molar-refractivity contribution in [3.8, 4) is 0 Å². The van der Waals surface area contributed by atoms with E-state index in [1.807, 2.05) is 0 Å². The van der Waals surface area contributed by atoms with E-state index in [-0.39, 0.29) is 18.6 Å². The van der Waals surface area contributed by atoms with Crippen molar-refractivity contribution in [3.63, 3.8) is 0 Å². The first-order chi connectivity index (χ1) is 3.30. The van der Waals surface area contributed by atoms with Gasteiger partial charge in [0.2, 0.25) is 0 Å². The molecule has 0 heterocycles. The van der Waals surface area contributed by atoms with Gasteiger partial charge in [-0.1, -0.05) is 12.2 Å². The van der Waals surface area contributed by atoms with Crippen molar-refractivity contribution in [2.75, 3.05) is 14.1 Å². The maximum Gasteiger partial charge on any atom is 0.0306 e. The molecule has 0 saturated carbocycles. The third-order valence-electron chi connectivity index (χ3n) is 1.40. The van der Waals surface area contributed by atoms with Crippen molar-refractivity contribution in [3.05, 3.63) is 12.2 Å². The van der Waals surface area contributed by atoms with Crippen LogP contribution in [-0.4, -0.2) is 25.0 Å². The van der Waals surface area contributed by atoms with Crippen molar-refractivity contribution >= 4 is 12.4 Å². The summed E-state index contributed by atoms with van der Waals surface area (Å²) >= 11 is 0. The first-order valence-corrected chi connectivity index (χ1v) is 2.64. The maximum atomic E-state index is 2.22. The predicted octanol–water partition coefficient (Wildman–Crippen LogP) is 1.46. The summed E-state index contributed by atoms with van der Waals surface area (Å²) in [6.45, 7) is 0. The Bertz CT molecular complexity index is 91.1. The van der Waals surface area contributed by atoms with Crippen LogP contribution in [0.1, 0.15) is 6.42 Å². The van der Waals surface area contributed by atoms with Gasteiger partial charge in [0.25, 0.3) is 0 Å². The van der Waals surface area contributed by atoms with E-state index in [1.165, 1.54) is 6.42 Å². The van der Waals surface area contributed by atoms with E-state index in [2.05, 4.69) is 31.1 Å². The van der Waals surface area contributed by atoms with Gasteiger partial charge >= 0.3 is 0 Å². The van der Waals surface area contributed by atoms with Crippen molar-refractivity contribution < 1.29 is 0 Å². The van der Waals surface area contributed by atoms with Gasteiger partial charge in [-0.05, 0) is 20.5 Å². The monoisotopic (exact) mass is 150 g/mol. The van der Waals surface area contributed by atoms with Gasteiger partial charge in [0.1, 0.15) is 0 Å². The van der Waals surface area contributed by atoms with Crippen LogP contribution in [0, 0.1) is 0 Å². The molecular weight excluding hydrogens is 136 g/mol. The predicted molar refractivity (Wildman–Crippen MR) is 43.5 cm³/mol. The molecule has 1 unspecified atom stereocenters. The number of hydrogen-bond acceptors (Lipinski definition) is 2. The zero-order valence-corrected chi connectivity index (χ0v) is 6.82. The zero-order valence-electron chi connectivity index (χ0n) is 6.00. The Morgan fingerprint density at radius 1 is 1.44 bits per heavy atom. The minimum absolute atomic E-state index is 0. The molecule has 1 rings (SSSR count). The molecule has 0 spiro atoms. The molecule has 1 atom stereocenters. The zero-order chi connectivity index (χ0) is 5.28. The molecule has 0 aromatic heterocycles. The lowest BCUT2D eigenvalue weighted by Gasteiger charge is -2.24. The highest BCUT2D eigenvalue weighted by atomic mass is 35.5. The molecule has 3 N–H and O–H groups in total. The molecule has 0 fully saturated rings. The van der Waals surface area contributed by atoms with Crippen LogP contribution < -0.4 is 6.15 Å². The van der Waals surface area contributed by atoms with E-state index in [4.69, 9.17) is 0 Å². The fraction of sp³-hybridized carbons (Fsp3) is 0.667. The van der Waals surface area contributed by atoms with Crippen molar-refractivity contribution in [2.24, 2.45) is 0 Å². The molecule has 0 bridgehead atoms. The van der Waals surface area contributed by atoms with Gasteiger partial charge in [0.15, 0.2) is 0 Å². The summed E-state index contributed by atoms with van der Waals surface area (Å²) in [6.07, 6.45) is 5.66. The highest BCUT2D eigenvalue weighted by Gasteiger charge is 2.10. The van der Waals surface area contributed by atoms with Crippen LogP contribution in [0.2, 0.25) is 0 Å². The summed E-state index contributed by atoms with van der Waals surface area (Å²) in [5, 5.41) is 0. The fourth-order valence-corrected chi connectivity index (χ4v) is 0.641. The molecule has 3 heteroatoms. The second kappa shape index (κ2) is 4.79. The Labute approximate surface area is 62.9 Å². The van der Waals surface area contributed by atoms with Gasteiger partial charge < -0.3 is 11.1 Å². The number of rotatable bonds is 1. The van der Waals surface area contributed by atoms with Gasteiger partial charge in [0.05, 0.1) is 0 Å². The number of halogens is 1. The molecular formula is C6H15ClN2. The Morgan fingerprint density at radius 2 is 1.89 bits per heavy atom. The molecule has 0 aromatic carbocycles. The Kier molecular flexibility index (Phi) is 6.24. The number of nitrogens with zero attached hydrogens (tertiary/aromatic N) is 1. The Balaban J connectivity index is 0. The van der Waals surface area contributed by atoms with E-state index in [0.717, 1.165) is 6.04 Å². The topological polar surface area (TPSA) is 38.2 Å². The van der Waals surface area contributed by atoms with Crippen molar-refractivity contribution in [1.82, 2.24) is 11.1 Å². The molecule has 0 aliphatic heterocycles. The van der Waals surface area contributed by atoms with Crippen LogP contribution in [-0.2, 0) is 0 Å². The van der Waals surface area contributed by atoms with Gasteiger partial charge in [-0.3, -0.25) is 0 Å². The van der Waals surface area contributed by atoms with E-state index >= 15 is 0 Å². The molecule has 1 aliphatic rings. The van der Waals surface area contributed by atoms with Gasteiger partial charge in [-0.25, -0.2) is 0 Å². The van der Waals surface area contributed by atoms with Crippen LogP contribution in [0.3, 0.4) is 0 Å². The summed E-state index contributed by atoms with van der Waals surface area (Å²) in [6, 6.07) is 0.736. The standard InChI is InChI=1S/C6H11N.ClH.H3N/c1-7(2)6-4-3-5-6;;/h3-4,6H,5H2,1-2H3;1H;1H3. The molecule has 0 amide bonds. The summed E-state index contributed by atoms with van der Waals surface area (Å²) < 4.78 is 0. The van der Waals surface area contributed by atoms with Crippen LogP contribution in [0.4, 0.5) is 0 Å². The largest absolute Gasteiger partial charge is 0.344 e. The smallest absolute Gasteiger partial charge is 0.0306 e. The summed E-state index contributed by atoms with van der Waals surface area (Å²) in [7, 11) is 4.21. The third-order valence-corrected chi connectivity index (χ3v) is 1.40. The molecule has 0 radical (unpaired) electrons. The van der Waals surface area contributed by atoms with E-state index in [9.17, 15) is 0 Å². The van der Waals surface area contributed by atoms with Crippen LogP contribution in [0.25, 0.3) is 0 Å².